The summed E-state index contributed by atoms with van der Waals surface area (Å²) < 4.78 is 5.17. The van der Waals surface area contributed by atoms with Gasteiger partial charge in [-0.3, -0.25) is 4.79 Å². The molecule has 4 nitrogen and oxygen atoms in total. The summed E-state index contributed by atoms with van der Waals surface area (Å²) in [4.78, 5) is 22.7. The Morgan fingerprint density at radius 1 is 1.00 bits per heavy atom. The largest absolute Gasteiger partial charge is 0.481 e. The van der Waals surface area contributed by atoms with Crippen LogP contribution < -0.4 is 0 Å². The highest BCUT2D eigenvalue weighted by Gasteiger charge is 2.60. The highest BCUT2D eigenvalue weighted by Crippen LogP contribution is 2.59. The normalized spacial score (nSPS) is 21.8. The molecule has 0 heterocycles. The van der Waals surface area contributed by atoms with Crippen LogP contribution in [-0.4, -0.2) is 23.7 Å². The first-order valence-electron chi connectivity index (χ1n) is 9.49. The monoisotopic (exact) mass is 338 g/mol. The van der Waals surface area contributed by atoms with Crippen molar-refractivity contribution >= 4 is 11.9 Å². The SMILES string of the molecule is CCCCCCCCCCCOC(=O)/C=C\C1C(C(=O)O)C1(C)C. The Hall–Kier alpha value is -1.32. The van der Waals surface area contributed by atoms with Crippen molar-refractivity contribution < 1.29 is 19.4 Å². The Balaban J connectivity index is 2.01. The number of hydrogen-bond donors (Lipinski definition) is 1. The maximum Gasteiger partial charge on any atom is 0.330 e. The first-order valence-corrected chi connectivity index (χ1v) is 9.49. The Morgan fingerprint density at radius 3 is 2.04 bits per heavy atom. The summed E-state index contributed by atoms with van der Waals surface area (Å²) in [6.07, 6.45) is 14.2. The Labute approximate surface area is 146 Å². The van der Waals surface area contributed by atoms with Crippen molar-refractivity contribution in [2.24, 2.45) is 17.3 Å². The number of hydrogen-bond acceptors (Lipinski definition) is 3. The molecule has 1 rings (SSSR count). The summed E-state index contributed by atoms with van der Waals surface area (Å²) in [5.74, 6) is -1.62. The van der Waals surface area contributed by atoms with Gasteiger partial charge in [-0.25, -0.2) is 4.79 Å². The van der Waals surface area contributed by atoms with Crippen LogP contribution in [0.2, 0.25) is 0 Å². The van der Waals surface area contributed by atoms with Gasteiger partial charge in [-0.05, 0) is 17.8 Å². The fraction of sp³-hybridized carbons (Fsp3) is 0.800. The van der Waals surface area contributed by atoms with E-state index < -0.39 is 5.97 Å². The average Bonchev–Trinajstić information content (AvgIpc) is 3.08. The third-order valence-corrected chi connectivity index (χ3v) is 5.11. The minimum absolute atomic E-state index is 0.0738. The maximum atomic E-state index is 11.6. The number of ether oxygens (including phenoxy) is 1. The van der Waals surface area contributed by atoms with E-state index in [1.807, 2.05) is 13.8 Å². The molecule has 0 amide bonds. The molecule has 0 aliphatic heterocycles. The second-order valence-corrected chi connectivity index (χ2v) is 7.52. The fourth-order valence-corrected chi connectivity index (χ4v) is 3.32. The van der Waals surface area contributed by atoms with Crippen molar-refractivity contribution in [1.29, 1.82) is 0 Å². The predicted molar refractivity (Wildman–Crippen MR) is 95.7 cm³/mol. The molecule has 0 radical (unpaired) electrons. The average molecular weight is 338 g/mol. The number of rotatable bonds is 13. The second kappa shape index (κ2) is 10.5. The van der Waals surface area contributed by atoms with Gasteiger partial charge in [-0.15, -0.1) is 0 Å². The third-order valence-electron chi connectivity index (χ3n) is 5.11. The number of carboxylic acid groups (broad SMARTS) is 1. The van der Waals surface area contributed by atoms with Gasteiger partial charge in [0.05, 0.1) is 12.5 Å². The van der Waals surface area contributed by atoms with Crippen LogP contribution in [0.3, 0.4) is 0 Å². The number of aliphatic carboxylic acids is 1. The van der Waals surface area contributed by atoms with Gasteiger partial charge in [0, 0.05) is 6.08 Å². The lowest BCUT2D eigenvalue weighted by atomic mass is 10.1. The highest BCUT2D eigenvalue weighted by atomic mass is 16.5. The number of unbranched alkanes of at least 4 members (excludes halogenated alkanes) is 8. The van der Waals surface area contributed by atoms with Crippen LogP contribution in [0, 0.1) is 17.3 Å². The summed E-state index contributed by atoms with van der Waals surface area (Å²) in [6.45, 7) is 6.50. The molecule has 0 spiro atoms. The van der Waals surface area contributed by atoms with Gasteiger partial charge in [-0.1, -0.05) is 78.2 Å². The van der Waals surface area contributed by atoms with Crippen LogP contribution in [-0.2, 0) is 14.3 Å². The van der Waals surface area contributed by atoms with E-state index in [1.165, 1.54) is 51.0 Å². The lowest BCUT2D eigenvalue weighted by Crippen LogP contribution is -2.03. The molecule has 2 atom stereocenters. The molecule has 1 N–H and O–H groups in total. The minimum atomic E-state index is -0.794. The molecular weight excluding hydrogens is 304 g/mol. The first kappa shape index (κ1) is 20.7. The van der Waals surface area contributed by atoms with E-state index in [1.54, 1.807) is 6.08 Å². The number of carbonyl (C=O) groups excluding carboxylic acids is 1. The quantitative estimate of drug-likeness (QED) is 0.292. The van der Waals surface area contributed by atoms with Gasteiger partial charge in [0.15, 0.2) is 0 Å². The van der Waals surface area contributed by atoms with Crippen LogP contribution in [0.1, 0.15) is 78.6 Å². The molecule has 0 aromatic rings. The number of carboxylic acids is 1. The van der Waals surface area contributed by atoms with Gasteiger partial charge in [0.25, 0.3) is 0 Å². The smallest absolute Gasteiger partial charge is 0.330 e. The van der Waals surface area contributed by atoms with Crippen LogP contribution in [0.4, 0.5) is 0 Å². The van der Waals surface area contributed by atoms with Crippen molar-refractivity contribution in [1.82, 2.24) is 0 Å². The summed E-state index contributed by atoms with van der Waals surface area (Å²) in [6, 6.07) is 0. The number of carbonyl (C=O) groups is 2. The van der Waals surface area contributed by atoms with E-state index >= 15 is 0 Å². The minimum Gasteiger partial charge on any atom is -0.481 e. The molecule has 0 saturated heterocycles. The van der Waals surface area contributed by atoms with Crippen molar-refractivity contribution in [3.05, 3.63) is 12.2 Å². The fourth-order valence-electron chi connectivity index (χ4n) is 3.32. The zero-order valence-electron chi connectivity index (χ0n) is 15.6. The van der Waals surface area contributed by atoms with E-state index in [4.69, 9.17) is 9.84 Å². The van der Waals surface area contributed by atoms with E-state index in [-0.39, 0.29) is 23.2 Å². The summed E-state index contributed by atoms with van der Waals surface area (Å²) in [5, 5.41) is 9.08. The molecule has 138 valence electrons. The zero-order valence-corrected chi connectivity index (χ0v) is 15.6. The Kier molecular flexibility index (Phi) is 9.09. The molecular formula is C20H34O4. The van der Waals surface area contributed by atoms with Crippen LogP contribution >= 0.6 is 0 Å². The zero-order chi connectivity index (χ0) is 18.0. The predicted octanol–water partition coefficient (Wildman–Crippen LogP) is 4.97. The Morgan fingerprint density at radius 2 is 1.54 bits per heavy atom. The lowest BCUT2D eigenvalue weighted by molar-refractivity contribution is -0.140. The van der Waals surface area contributed by atoms with E-state index in [9.17, 15) is 9.59 Å². The standard InChI is InChI=1S/C20H34O4/c1-4-5-6-7-8-9-10-11-12-15-24-17(21)14-13-16-18(19(22)23)20(16,2)3/h13-14,16,18H,4-12,15H2,1-3H3,(H,22,23)/b14-13-. The van der Waals surface area contributed by atoms with E-state index in [0.29, 0.717) is 6.61 Å². The van der Waals surface area contributed by atoms with Crippen LogP contribution in [0.25, 0.3) is 0 Å². The van der Waals surface area contributed by atoms with Gasteiger partial charge >= 0.3 is 11.9 Å². The highest BCUT2D eigenvalue weighted by molar-refractivity contribution is 5.83. The van der Waals surface area contributed by atoms with Crippen molar-refractivity contribution in [2.75, 3.05) is 6.61 Å². The van der Waals surface area contributed by atoms with Crippen molar-refractivity contribution in [3.63, 3.8) is 0 Å². The summed E-state index contributed by atoms with van der Waals surface area (Å²) in [5.41, 5.74) is -0.264. The summed E-state index contributed by atoms with van der Waals surface area (Å²) >= 11 is 0. The topological polar surface area (TPSA) is 63.6 Å². The molecule has 0 bridgehead atoms. The maximum absolute atomic E-state index is 11.6. The van der Waals surface area contributed by atoms with Gasteiger partial charge in [0.2, 0.25) is 0 Å². The van der Waals surface area contributed by atoms with Gasteiger partial charge in [0.1, 0.15) is 0 Å². The lowest BCUT2D eigenvalue weighted by Gasteiger charge is -2.03. The van der Waals surface area contributed by atoms with E-state index in [2.05, 4.69) is 6.92 Å². The van der Waals surface area contributed by atoms with Crippen LogP contribution in [0.5, 0.6) is 0 Å². The summed E-state index contributed by atoms with van der Waals surface area (Å²) in [7, 11) is 0. The number of allylic oxidation sites excluding steroid dienone is 1. The Bertz CT molecular complexity index is 425. The molecule has 2 unspecified atom stereocenters. The molecule has 24 heavy (non-hydrogen) atoms. The molecule has 4 heteroatoms. The molecule has 1 aliphatic rings. The molecule has 1 aliphatic carbocycles. The van der Waals surface area contributed by atoms with Gasteiger partial charge in [-0.2, -0.15) is 0 Å². The van der Waals surface area contributed by atoms with E-state index in [0.717, 1.165) is 12.8 Å². The second-order valence-electron chi connectivity index (χ2n) is 7.52. The molecule has 1 saturated carbocycles. The molecule has 0 aromatic heterocycles. The van der Waals surface area contributed by atoms with Crippen molar-refractivity contribution in [2.45, 2.75) is 78.6 Å². The molecule has 0 aromatic carbocycles. The first-order chi connectivity index (χ1) is 11.4. The molecule has 1 fully saturated rings. The number of esters is 1. The van der Waals surface area contributed by atoms with Crippen molar-refractivity contribution in [3.8, 4) is 0 Å². The van der Waals surface area contributed by atoms with Gasteiger partial charge < -0.3 is 9.84 Å². The van der Waals surface area contributed by atoms with Crippen LogP contribution in [0.15, 0.2) is 12.2 Å². The third kappa shape index (κ3) is 7.06.